The van der Waals surface area contributed by atoms with Crippen LogP contribution in [0.3, 0.4) is 0 Å². The van der Waals surface area contributed by atoms with E-state index in [0.29, 0.717) is 12.7 Å². The summed E-state index contributed by atoms with van der Waals surface area (Å²) in [5, 5.41) is 6.94. The average molecular weight is 339 g/mol. The summed E-state index contributed by atoms with van der Waals surface area (Å²) < 4.78 is 0. The second-order valence-electron chi connectivity index (χ2n) is 6.31. The van der Waals surface area contributed by atoms with E-state index in [2.05, 4.69) is 10.6 Å². The molecule has 2 aliphatic rings. The van der Waals surface area contributed by atoms with E-state index >= 15 is 0 Å². The number of hydrogen-bond donors (Lipinski definition) is 2. The molecule has 1 aliphatic heterocycles. The zero-order valence-corrected chi connectivity index (χ0v) is 14.0. The topological polar surface area (TPSA) is 105 Å². The van der Waals surface area contributed by atoms with Gasteiger partial charge in [-0.25, -0.2) is 4.79 Å². The van der Waals surface area contributed by atoms with Crippen LogP contribution in [0.5, 0.6) is 0 Å². The van der Waals surface area contributed by atoms with Crippen molar-refractivity contribution in [2.45, 2.75) is 57.0 Å². The number of aldehydes is 1. The summed E-state index contributed by atoms with van der Waals surface area (Å²) in [6.45, 7) is 0.835. The lowest BCUT2D eigenvalue weighted by molar-refractivity contribution is -0.196. The molecule has 0 aromatic carbocycles. The Morgan fingerprint density at radius 3 is 2.71 bits per heavy atom. The zero-order valence-electron chi connectivity index (χ0n) is 14.0. The Balaban J connectivity index is 1.84. The molecule has 1 heterocycles. The lowest BCUT2D eigenvalue weighted by Crippen LogP contribution is -2.48. The number of amides is 2. The SMILES string of the molecule is CN(OC(=O)C1CCCC1NC(=O)C1CCCN1)C(=O)CCC=O. The van der Waals surface area contributed by atoms with E-state index in [-0.39, 0.29) is 30.8 Å². The predicted octanol–water partition coefficient (Wildman–Crippen LogP) is -0.0810. The van der Waals surface area contributed by atoms with Crippen LogP contribution in [-0.4, -0.2) is 54.8 Å². The fourth-order valence-corrected chi connectivity index (χ4v) is 3.20. The number of nitrogens with zero attached hydrogens (tertiary/aromatic N) is 1. The molecule has 2 N–H and O–H groups in total. The van der Waals surface area contributed by atoms with Crippen LogP contribution in [-0.2, 0) is 24.0 Å². The molecule has 8 heteroatoms. The molecular weight excluding hydrogens is 314 g/mol. The molecule has 1 saturated heterocycles. The molecule has 1 aliphatic carbocycles. The molecule has 0 radical (unpaired) electrons. The second-order valence-corrected chi connectivity index (χ2v) is 6.31. The fraction of sp³-hybridized carbons (Fsp3) is 0.750. The molecule has 1 saturated carbocycles. The van der Waals surface area contributed by atoms with Gasteiger partial charge in [-0.2, -0.15) is 5.06 Å². The molecule has 2 amide bonds. The average Bonchev–Trinajstić information content (AvgIpc) is 3.23. The summed E-state index contributed by atoms with van der Waals surface area (Å²) in [5.74, 6) is -1.47. The largest absolute Gasteiger partial charge is 0.351 e. The van der Waals surface area contributed by atoms with E-state index < -0.39 is 17.8 Å². The third-order valence-corrected chi connectivity index (χ3v) is 4.58. The summed E-state index contributed by atoms with van der Waals surface area (Å²) >= 11 is 0. The smallest absolute Gasteiger partial charge is 0.337 e. The van der Waals surface area contributed by atoms with Crippen molar-refractivity contribution >= 4 is 24.1 Å². The lowest BCUT2D eigenvalue weighted by atomic mass is 10.0. The van der Waals surface area contributed by atoms with Gasteiger partial charge in [0.05, 0.1) is 12.0 Å². The number of hydrogen-bond acceptors (Lipinski definition) is 6. The fourth-order valence-electron chi connectivity index (χ4n) is 3.20. The minimum Gasteiger partial charge on any atom is -0.351 e. The number of rotatable bonds is 6. The molecule has 8 nitrogen and oxygen atoms in total. The molecular formula is C16H25N3O5. The van der Waals surface area contributed by atoms with Crippen LogP contribution < -0.4 is 10.6 Å². The van der Waals surface area contributed by atoms with E-state index in [9.17, 15) is 19.2 Å². The molecule has 0 bridgehead atoms. The van der Waals surface area contributed by atoms with Crippen molar-refractivity contribution in [3.63, 3.8) is 0 Å². The molecule has 2 fully saturated rings. The van der Waals surface area contributed by atoms with E-state index in [1.54, 1.807) is 0 Å². The van der Waals surface area contributed by atoms with Crippen LogP contribution in [0.15, 0.2) is 0 Å². The standard InChI is InChI=1S/C16H25N3O5/c1-19(14(21)8-4-10-20)24-16(23)11-5-2-6-12(11)18-15(22)13-7-3-9-17-13/h10-13,17H,2-9H2,1H3,(H,18,22). The summed E-state index contributed by atoms with van der Waals surface area (Å²) in [5.41, 5.74) is 0. The lowest BCUT2D eigenvalue weighted by Gasteiger charge is -2.23. The Labute approximate surface area is 141 Å². The third kappa shape index (κ3) is 4.77. The van der Waals surface area contributed by atoms with E-state index in [0.717, 1.165) is 37.3 Å². The van der Waals surface area contributed by atoms with Gasteiger partial charge in [-0.3, -0.25) is 9.59 Å². The van der Waals surface area contributed by atoms with Crippen LogP contribution in [0, 0.1) is 5.92 Å². The Morgan fingerprint density at radius 2 is 2.04 bits per heavy atom. The van der Waals surface area contributed by atoms with Gasteiger partial charge in [0, 0.05) is 25.9 Å². The predicted molar refractivity (Wildman–Crippen MR) is 84.5 cm³/mol. The van der Waals surface area contributed by atoms with Gasteiger partial charge in [-0.15, -0.1) is 0 Å². The second kappa shape index (κ2) is 8.77. The first-order valence-corrected chi connectivity index (χ1v) is 8.48. The van der Waals surface area contributed by atoms with E-state index in [1.807, 2.05) is 0 Å². The normalized spacial score (nSPS) is 26.0. The quantitative estimate of drug-likeness (QED) is 0.518. The Bertz CT molecular complexity index is 490. The number of carbonyl (C=O) groups excluding carboxylic acids is 4. The number of hydroxylamine groups is 2. The number of nitrogens with one attached hydrogen (secondary N) is 2. The van der Waals surface area contributed by atoms with Gasteiger partial charge in [-0.1, -0.05) is 6.42 Å². The Kier molecular flexibility index (Phi) is 6.72. The highest BCUT2D eigenvalue weighted by Gasteiger charge is 2.37. The first kappa shape index (κ1) is 18.4. The molecule has 134 valence electrons. The maximum absolute atomic E-state index is 12.3. The van der Waals surface area contributed by atoms with Gasteiger partial charge in [-0.05, 0) is 32.2 Å². The highest BCUT2D eigenvalue weighted by Crippen LogP contribution is 2.27. The Morgan fingerprint density at radius 1 is 1.25 bits per heavy atom. The van der Waals surface area contributed by atoms with E-state index in [1.165, 1.54) is 7.05 Å². The van der Waals surface area contributed by atoms with Gasteiger partial charge in [0.15, 0.2) is 0 Å². The summed E-state index contributed by atoms with van der Waals surface area (Å²) in [6, 6.07) is -0.444. The van der Waals surface area contributed by atoms with Crippen molar-refractivity contribution in [3.05, 3.63) is 0 Å². The van der Waals surface area contributed by atoms with Gasteiger partial charge in [0.25, 0.3) is 5.91 Å². The molecule has 0 spiro atoms. The number of carbonyl (C=O) groups is 4. The van der Waals surface area contributed by atoms with Crippen LogP contribution in [0.2, 0.25) is 0 Å². The van der Waals surface area contributed by atoms with Gasteiger partial charge in [0.1, 0.15) is 6.29 Å². The maximum Gasteiger partial charge on any atom is 0.337 e. The van der Waals surface area contributed by atoms with Crippen molar-refractivity contribution in [3.8, 4) is 0 Å². The van der Waals surface area contributed by atoms with Gasteiger partial charge < -0.3 is 20.3 Å². The molecule has 0 aromatic rings. The maximum atomic E-state index is 12.3. The van der Waals surface area contributed by atoms with Crippen LogP contribution in [0.25, 0.3) is 0 Å². The molecule has 3 unspecified atom stereocenters. The third-order valence-electron chi connectivity index (χ3n) is 4.58. The minimum atomic E-state index is -0.515. The van der Waals surface area contributed by atoms with Gasteiger partial charge >= 0.3 is 5.97 Å². The van der Waals surface area contributed by atoms with Crippen molar-refractivity contribution < 1.29 is 24.0 Å². The van der Waals surface area contributed by atoms with Crippen molar-refractivity contribution in [1.29, 1.82) is 0 Å². The first-order chi connectivity index (χ1) is 11.5. The van der Waals surface area contributed by atoms with Crippen LogP contribution in [0.1, 0.15) is 44.9 Å². The summed E-state index contributed by atoms with van der Waals surface area (Å²) in [4.78, 5) is 51.6. The van der Waals surface area contributed by atoms with E-state index in [4.69, 9.17) is 4.84 Å². The molecule has 2 rings (SSSR count). The van der Waals surface area contributed by atoms with Crippen molar-refractivity contribution in [2.24, 2.45) is 5.92 Å². The van der Waals surface area contributed by atoms with Crippen molar-refractivity contribution in [1.82, 2.24) is 15.7 Å². The first-order valence-electron chi connectivity index (χ1n) is 8.48. The minimum absolute atomic E-state index is 0.00542. The van der Waals surface area contributed by atoms with Gasteiger partial charge in [0.2, 0.25) is 5.91 Å². The zero-order chi connectivity index (χ0) is 17.5. The monoisotopic (exact) mass is 339 g/mol. The highest BCUT2D eigenvalue weighted by atomic mass is 16.7. The summed E-state index contributed by atoms with van der Waals surface area (Å²) in [7, 11) is 1.36. The molecule has 24 heavy (non-hydrogen) atoms. The van der Waals surface area contributed by atoms with Crippen molar-refractivity contribution in [2.75, 3.05) is 13.6 Å². The molecule has 0 aromatic heterocycles. The summed E-state index contributed by atoms with van der Waals surface area (Å²) in [6.07, 6.45) is 4.70. The highest BCUT2D eigenvalue weighted by molar-refractivity contribution is 5.84. The molecule has 3 atom stereocenters. The Hall–Kier alpha value is -1.96. The van der Waals surface area contributed by atoms with Crippen LogP contribution >= 0.6 is 0 Å². The van der Waals surface area contributed by atoms with Crippen LogP contribution in [0.4, 0.5) is 0 Å².